The Labute approximate surface area is 427 Å². The zero-order chi connectivity index (χ0) is 49.4. The number of rotatable bonds is 14. The standard InChI is InChI=1S/C53H48N12O2S4/c1-31-45(52(3,4)5)71-48(54-31)60-58-43-41(36-19-13-9-14-20-36)62-65(46(43)66)51-57-40(30-69-51)35-25-23-33(24-26-35)27-53(6,7)28-38-32(2)70-49(55-38)61-59-44-42(37-21-15-10-16-22-37)63-64(47(44)67)50-56-39(29-68-50)34-17-11-8-12-18-34/h8-26,29-30H,27-28H2,1-7H3,(H,54,60)(H,55,61)/b58-43-,59-44-. The first-order valence-electron chi connectivity index (χ1n) is 22.8. The summed E-state index contributed by atoms with van der Waals surface area (Å²) in [5, 5.41) is 27.3. The molecule has 0 fully saturated rings. The number of nitrogens with one attached hydrogen (secondary N) is 2. The summed E-state index contributed by atoms with van der Waals surface area (Å²) in [6, 6.07) is 37.4. The second kappa shape index (κ2) is 19.4. The van der Waals surface area contributed by atoms with Gasteiger partial charge in [-0.25, -0.2) is 19.9 Å². The molecule has 356 valence electrons. The Morgan fingerprint density at radius 3 is 1.49 bits per heavy atom. The van der Waals surface area contributed by atoms with Crippen LogP contribution >= 0.6 is 45.3 Å². The summed E-state index contributed by atoms with van der Waals surface area (Å²) < 4.78 is 0. The van der Waals surface area contributed by atoms with Crippen molar-refractivity contribution in [3.8, 4) is 22.5 Å². The molecule has 2 amide bonds. The molecule has 2 aliphatic rings. The largest absolute Gasteiger partial charge is 0.303 e. The van der Waals surface area contributed by atoms with E-state index in [1.54, 1.807) is 0 Å². The van der Waals surface area contributed by atoms with E-state index in [2.05, 4.69) is 91.8 Å². The molecule has 0 saturated heterocycles. The molecule has 4 aromatic heterocycles. The van der Waals surface area contributed by atoms with Crippen molar-refractivity contribution >= 4 is 101 Å². The van der Waals surface area contributed by atoms with Crippen LogP contribution in [-0.2, 0) is 27.8 Å². The lowest BCUT2D eigenvalue weighted by molar-refractivity contribution is -0.112. The quantitative estimate of drug-likeness (QED) is 0.102. The van der Waals surface area contributed by atoms with Crippen molar-refractivity contribution in [1.82, 2.24) is 19.9 Å². The lowest BCUT2D eigenvalue weighted by Crippen LogP contribution is -2.28. The molecule has 0 radical (unpaired) electrons. The number of hydrogen-bond donors (Lipinski definition) is 2. The summed E-state index contributed by atoms with van der Waals surface area (Å²) in [6.45, 7) is 15.0. The van der Waals surface area contributed by atoms with Gasteiger partial charge in [0, 0.05) is 42.8 Å². The van der Waals surface area contributed by atoms with E-state index in [1.165, 1.54) is 60.9 Å². The van der Waals surface area contributed by atoms with Gasteiger partial charge in [0.15, 0.2) is 11.4 Å². The molecule has 18 heteroatoms. The number of benzene rings is 4. The molecule has 14 nitrogen and oxygen atoms in total. The molecule has 6 heterocycles. The van der Waals surface area contributed by atoms with Gasteiger partial charge < -0.3 is 0 Å². The summed E-state index contributed by atoms with van der Waals surface area (Å²) in [7, 11) is 0. The maximum absolute atomic E-state index is 14.0. The molecule has 0 aliphatic carbocycles. The summed E-state index contributed by atoms with van der Waals surface area (Å²) in [4.78, 5) is 49.5. The molecule has 2 N–H and O–H groups in total. The highest BCUT2D eigenvalue weighted by atomic mass is 32.1. The van der Waals surface area contributed by atoms with E-state index in [0.29, 0.717) is 31.9 Å². The van der Waals surface area contributed by atoms with Crippen LogP contribution in [0.1, 0.15) is 72.5 Å². The number of hydrogen-bond acceptors (Lipinski definition) is 16. The van der Waals surface area contributed by atoms with E-state index in [9.17, 15) is 9.59 Å². The number of thiazole rings is 4. The fourth-order valence-corrected chi connectivity index (χ4v) is 11.6. The number of anilines is 4. The number of carbonyl (C=O) groups is 2. The number of hydrazone groups is 4. The van der Waals surface area contributed by atoms with Crippen LogP contribution in [0.25, 0.3) is 22.5 Å². The first-order chi connectivity index (χ1) is 34.2. The van der Waals surface area contributed by atoms with Gasteiger partial charge in [0.05, 0.1) is 22.8 Å². The lowest BCUT2D eigenvalue weighted by Gasteiger charge is -2.24. The normalized spacial score (nSPS) is 15.3. The Morgan fingerprint density at radius 2 is 1.01 bits per heavy atom. The van der Waals surface area contributed by atoms with Crippen molar-refractivity contribution in [3.63, 3.8) is 0 Å². The van der Waals surface area contributed by atoms with Gasteiger partial charge in [-0.2, -0.15) is 30.4 Å². The highest BCUT2D eigenvalue weighted by Gasteiger charge is 2.38. The fourth-order valence-electron chi connectivity index (χ4n) is 8.28. The van der Waals surface area contributed by atoms with Crippen molar-refractivity contribution in [2.45, 2.75) is 66.7 Å². The summed E-state index contributed by atoms with van der Waals surface area (Å²) >= 11 is 5.73. The molecular weight excluding hydrogens is 965 g/mol. The Bertz CT molecular complexity index is 3400. The van der Waals surface area contributed by atoms with Crippen molar-refractivity contribution in [2.75, 3.05) is 20.9 Å². The van der Waals surface area contributed by atoms with E-state index in [0.717, 1.165) is 67.6 Å². The van der Waals surface area contributed by atoms with Gasteiger partial charge in [-0.1, -0.05) is 161 Å². The lowest BCUT2D eigenvalue weighted by atomic mass is 9.81. The van der Waals surface area contributed by atoms with Crippen LogP contribution < -0.4 is 20.9 Å². The van der Waals surface area contributed by atoms with Gasteiger partial charge in [-0.15, -0.1) is 34.0 Å². The summed E-state index contributed by atoms with van der Waals surface area (Å²) in [5.74, 6) is -0.752. The van der Waals surface area contributed by atoms with E-state index < -0.39 is 0 Å². The summed E-state index contributed by atoms with van der Waals surface area (Å²) in [5.41, 5.74) is 15.2. The number of aromatic nitrogens is 4. The predicted octanol–water partition coefficient (Wildman–Crippen LogP) is 12.0. The minimum atomic E-state index is -0.377. The monoisotopic (exact) mass is 1010 g/mol. The van der Waals surface area contributed by atoms with Crippen LogP contribution in [0.4, 0.5) is 20.5 Å². The number of aryl methyl sites for hydroxylation is 2. The zero-order valence-electron chi connectivity index (χ0n) is 40.0. The third-order valence-electron chi connectivity index (χ3n) is 11.6. The second-order valence-electron chi connectivity index (χ2n) is 18.8. The molecule has 0 bridgehead atoms. The maximum atomic E-state index is 14.0. The second-order valence-corrected chi connectivity index (χ2v) is 22.7. The van der Waals surface area contributed by atoms with Gasteiger partial charge >= 0.3 is 11.8 Å². The topological polar surface area (TPSA) is 166 Å². The highest BCUT2D eigenvalue weighted by molar-refractivity contribution is 7.16. The van der Waals surface area contributed by atoms with Crippen molar-refractivity contribution < 1.29 is 9.59 Å². The molecule has 0 saturated carbocycles. The molecule has 4 aromatic carbocycles. The van der Waals surface area contributed by atoms with Gasteiger partial charge in [-0.05, 0) is 43.1 Å². The van der Waals surface area contributed by atoms with Crippen LogP contribution in [0.15, 0.2) is 146 Å². The van der Waals surface area contributed by atoms with E-state index in [1.807, 2.05) is 109 Å². The Kier molecular flexibility index (Phi) is 12.9. The molecule has 0 atom stereocenters. The Hall–Kier alpha value is -7.38. The maximum Gasteiger partial charge on any atom is 0.303 e. The number of nitrogens with zero attached hydrogens (tertiary/aromatic N) is 10. The van der Waals surface area contributed by atoms with Gasteiger partial charge in [0.1, 0.15) is 11.4 Å². The molecule has 0 unspecified atom stereocenters. The van der Waals surface area contributed by atoms with Crippen LogP contribution in [0.2, 0.25) is 0 Å². The van der Waals surface area contributed by atoms with Gasteiger partial charge in [0.25, 0.3) is 0 Å². The van der Waals surface area contributed by atoms with Crippen LogP contribution in [-0.4, -0.2) is 54.6 Å². The van der Waals surface area contributed by atoms with Crippen molar-refractivity contribution in [1.29, 1.82) is 0 Å². The van der Waals surface area contributed by atoms with E-state index in [-0.39, 0.29) is 34.1 Å². The molecule has 71 heavy (non-hydrogen) atoms. The SMILES string of the molecule is Cc1nc(N/N=C2\C(=O)N(c3nc(-c4ccc(CC(C)(C)Cc5nc(N/N=C6\C(=O)N(c7nc(-c8ccccc8)cs7)N=C6c6ccccc6)sc5C)cc4)cs3)N=C2c2ccccc2)sc1C(C)(C)C. The smallest absolute Gasteiger partial charge is 0.265 e. The molecule has 0 spiro atoms. The predicted molar refractivity (Wildman–Crippen MR) is 292 cm³/mol. The Balaban J connectivity index is 0.806. The number of amides is 2. The van der Waals surface area contributed by atoms with Crippen LogP contribution in [0.5, 0.6) is 0 Å². The van der Waals surface area contributed by atoms with E-state index in [4.69, 9.17) is 25.2 Å². The zero-order valence-corrected chi connectivity index (χ0v) is 43.2. The van der Waals surface area contributed by atoms with Gasteiger partial charge in [0.2, 0.25) is 20.5 Å². The first kappa shape index (κ1) is 47.3. The average molecular weight is 1010 g/mol. The number of carbonyl (C=O) groups excluding carboxylic acids is 2. The van der Waals surface area contributed by atoms with Crippen molar-refractivity contribution in [2.24, 2.45) is 25.8 Å². The first-order valence-corrected chi connectivity index (χ1v) is 26.2. The fraction of sp³-hybridized carbons (Fsp3) is 0.208. The van der Waals surface area contributed by atoms with Crippen LogP contribution in [0.3, 0.4) is 0 Å². The average Bonchev–Trinajstić information content (AvgIpc) is 4.24. The van der Waals surface area contributed by atoms with Gasteiger partial charge in [-0.3, -0.25) is 20.4 Å². The minimum absolute atomic E-state index is 0.0673. The molecule has 2 aliphatic heterocycles. The minimum Gasteiger partial charge on any atom is -0.265 e. The molecule has 10 rings (SSSR count). The third kappa shape index (κ3) is 10.1. The molecule has 8 aromatic rings. The highest BCUT2D eigenvalue weighted by Crippen LogP contribution is 2.36. The summed E-state index contributed by atoms with van der Waals surface area (Å²) in [6.07, 6.45) is 1.52. The van der Waals surface area contributed by atoms with Crippen LogP contribution in [0, 0.1) is 19.3 Å². The Morgan fingerprint density at radius 1 is 0.549 bits per heavy atom. The van der Waals surface area contributed by atoms with E-state index >= 15 is 0 Å². The van der Waals surface area contributed by atoms with Crippen molar-refractivity contribution in [3.05, 3.63) is 164 Å². The molecular formula is C53H48N12O2S4. The third-order valence-corrected chi connectivity index (χ3v) is 15.7.